The van der Waals surface area contributed by atoms with Gasteiger partial charge in [0.15, 0.2) is 0 Å². The zero-order valence-electron chi connectivity index (χ0n) is 2.64. The monoisotopic (exact) mass is 124 g/mol. The molecule has 0 atom stereocenters. The van der Waals surface area contributed by atoms with Gasteiger partial charge in [0.2, 0.25) is 0 Å². The van der Waals surface area contributed by atoms with E-state index in [0.29, 0.717) is 0 Å². The van der Waals surface area contributed by atoms with E-state index in [9.17, 15) is 0 Å². The Morgan fingerprint density at radius 2 is 1.50 bits per heavy atom. The first-order valence-electron chi connectivity index (χ1n) is 1.32. The molecular weight excluding hydrogens is 116 g/mol. The maximum absolute atomic E-state index is 4.78. The van der Waals surface area contributed by atoms with Gasteiger partial charge >= 0.3 is 20.0 Å². The summed E-state index contributed by atoms with van der Waals surface area (Å²) in [6.45, 7) is 0. The van der Waals surface area contributed by atoms with E-state index < -0.39 is 20.0 Å². The highest BCUT2D eigenvalue weighted by Gasteiger charge is 1.98. The molecule has 0 amide bonds. The molecule has 0 radical (unpaired) electrons. The minimum absolute atomic E-state index is 0. The second-order valence-electron chi connectivity index (χ2n) is 0.676. The van der Waals surface area contributed by atoms with E-state index in [4.69, 9.17) is 4.12 Å². The van der Waals surface area contributed by atoms with Crippen molar-refractivity contribution in [2.75, 3.05) is 0 Å². The van der Waals surface area contributed by atoms with Gasteiger partial charge < -0.3 is 4.12 Å². The van der Waals surface area contributed by atoms with E-state index in [0.717, 1.165) is 0 Å². The lowest BCUT2D eigenvalue weighted by atomic mass is 12.0. The highest BCUT2D eigenvalue weighted by atomic mass is 28.3. The second-order valence-corrected chi connectivity index (χ2v) is 3.25. The van der Waals surface area contributed by atoms with E-state index in [1.165, 1.54) is 0 Å². The first-order valence-corrected chi connectivity index (χ1v) is 3.63. The Hall–Kier alpha value is 0.314. The number of hydrogen-bond acceptors (Lipinski definition) is 3. The Bertz CT molecular complexity index is 20.4. The van der Waals surface area contributed by atoms with Crippen LogP contribution in [0.15, 0.2) is 0 Å². The van der Waals surface area contributed by atoms with Gasteiger partial charge in [0.25, 0.3) is 0 Å². The zero-order valence-corrected chi connectivity index (χ0v) is 5.47. The summed E-state index contributed by atoms with van der Waals surface area (Å²) in [7, 11) is -1.23. The van der Waals surface area contributed by atoms with Crippen LogP contribution >= 0.6 is 0 Å². The zero-order chi connectivity index (χ0) is 3.54. The molecule has 38 valence electrons. The minimum Gasteiger partial charge on any atom is -0.421 e. The summed E-state index contributed by atoms with van der Waals surface area (Å²) in [6, 6.07) is 0. The van der Waals surface area contributed by atoms with Crippen LogP contribution in [0.2, 0.25) is 0 Å². The molecular formula is CH8O3Si2. The fourth-order valence-corrected chi connectivity index (χ4v) is 1.53. The van der Waals surface area contributed by atoms with Crippen molar-refractivity contribution in [3.8, 4) is 0 Å². The lowest BCUT2D eigenvalue weighted by Crippen LogP contribution is -1.86. The molecule has 5 heteroatoms. The highest BCUT2D eigenvalue weighted by molar-refractivity contribution is 6.37. The smallest absolute Gasteiger partial charge is 0.334 e. The predicted octanol–water partition coefficient (Wildman–Crippen LogP) is -1.40. The van der Waals surface area contributed by atoms with Crippen LogP contribution in [0.4, 0.5) is 0 Å². The van der Waals surface area contributed by atoms with Gasteiger partial charge in [-0.15, -0.1) is 0 Å². The Morgan fingerprint density at radius 1 is 1.00 bits per heavy atom. The summed E-state index contributed by atoms with van der Waals surface area (Å²) >= 11 is 0. The summed E-state index contributed by atoms with van der Waals surface area (Å²) in [5.74, 6) is 0. The van der Waals surface area contributed by atoms with Crippen LogP contribution in [-0.4, -0.2) is 20.0 Å². The molecule has 1 aliphatic rings. The van der Waals surface area contributed by atoms with Crippen LogP contribution in [-0.2, 0) is 13.3 Å². The van der Waals surface area contributed by atoms with Crippen LogP contribution in [0.25, 0.3) is 0 Å². The van der Waals surface area contributed by atoms with Crippen molar-refractivity contribution in [2.24, 2.45) is 0 Å². The first-order chi connectivity index (χ1) is 2.50. The molecule has 0 aromatic heterocycles. The fraction of sp³-hybridized carbons (Fsp3) is 1.00. The van der Waals surface area contributed by atoms with E-state index in [-0.39, 0.29) is 7.43 Å². The van der Waals surface area contributed by atoms with Crippen molar-refractivity contribution < 1.29 is 13.3 Å². The molecule has 1 aliphatic heterocycles. The van der Waals surface area contributed by atoms with E-state index in [1.807, 2.05) is 0 Å². The standard InChI is InChI=1S/CH4.H4O3Si2/c;1-2-5-3-4-1/h1H4;4-5H2. The van der Waals surface area contributed by atoms with Gasteiger partial charge in [0, 0.05) is 0 Å². The Kier molecular flexibility index (Phi) is 3.69. The molecule has 1 heterocycles. The number of hydrogen-bond donors (Lipinski definition) is 0. The predicted molar refractivity (Wildman–Crippen MR) is 27.1 cm³/mol. The Labute approximate surface area is 41.7 Å². The lowest BCUT2D eigenvalue weighted by molar-refractivity contribution is -0.0859. The molecule has 0 aromatic carbocycles. The van der Waals surface area contributed by atoms with Gasteiger partial charge in [-0.3, -0.25) is 9.15 Å². The summed E-state index contributed by atoms with van der Waals surface area (Å²) in [5.41, 5.74) is 0. The summed E-state index contributed by atoms with van der Waals surface area (Å²) in [4.78, 5) is 0. The van der Waals surface area contributed by atoms with Crippen molar-refractivity contribution in [3.63, 3.8) is 0 Å². The van der Waals surface area contributed by atoms with Crippen LogP contribution < -0.4 is 0 Å². The third-order valence-electron chi connectivity index (χ3n) is 0.346. The average Bonchev–Trinajstić information content (AvgIpc) is 1.76. The van der Waals surface area contributed by atoms with Crippen LogP contribution in [0.3, 0.4) is 0 Å². The van der Waals surface area contributed by atoms with Gasteiger partial charge in [-0.1, -0.05) is 7.43 Å². The molecule has 0 bridgehead atoms. The third kappa shape index (κ3) is 1.68. The number of rotatable bonds is 0. The van der Waals surface area contributed by atoms with Crippen molar-refractivity contribution in [2.45, 2.75) is 7.43 Å². The summed E-state index contributed by atoms with van der Waals surface area (Å²) in [5, 5.41) is 0. The lowest BCUT2D eigenvalue weighted by Gasteiger charge is -1.75. The molecule has 3 nitrogen and oxygen atoms in total. The quantitative estimate of drug-likeness (QED) is 0.293. The molecule has 1 fully saturated rings. The normalized spacial score (nSPS) is 28.0. The van der Waals surface area contributed by atoms with Gasteiger partial charge in [-0.25, -0.2) is 0 Å². The first kappa shape index (κ1) is 6.31. The van der Waals surface area contributed by atoms with Crippen LogP contribution in [0.1, 0.15) is 7.43 Å². The van der Waals surface area contributed by atoms with Gasteiger partial charge in [0.05, 0.1) is 0 Å². The average molecular weight is 124 g/mol. The Balaban J connectivity index is 0.000000250. The summed E-state index contributed by atoms with van der Waals surface area (Å²) < 4.78 is 13.6. The third-order valence-corrected chi connectivity index (χ3v) is 2.54. The fourth-order valence-electron chi connectivity index (χ4n) is 0.170. The van der Waals surface area contributed by atoms with Crippen LogP contribution in [0, 0.1) is 0 Å². The van der Waals surface area contributed by atoms with Gasteiger partial charge in [-0.05, 0) is 0 Å². The Morgan fingerprint density at radius 3 is 1.67 bits per heavy atom. The molecule has 0 spiro atoms. The molecule has 0 aliphatic carbocycles. The maximum Gasteiger partial charge on any atom is 0.334 e. The largest absolute Gasteiger partial charge is 0.421 e. The summed E-state index contributed by atoms with van der Waals surface area (Å²) in [6.07, 6.45) is 0. The molecule has 0 N–H and O–H groups in total. The topological polar surface area (TPSA) is 27.7 Å². The van der Waals surface area contributed by atoms with Crippen molar-refractivity contribution in [3.05, 3.63) is 0 Å². The molecule has 6 heavy (non-hydrogen) atoms. The van der Waals surface area contributed by atoms with Crippen LogP contribution in [0.5, 0.6) is 0 Å². The van der Waals surface area contributed by atoms with Gasteiger partial charge in [0.1, 0.15) is 0 Å². The molecule has 0 aromatic rings. The minimum atomic E-state index is -0.617. The molecule has 1 rings (SSSR count). The van der Waals surface area contributed by atoms with Crippen molar-refractivity contribution in [1.82, 2.24) is 0 Å². The van der Waals surface area contributed by atoms with Crippen molar-refractivity contribution in [1.29, 1.82) is 0 Å². The maximum atomic E-state index is 4.78. The van der Waals surface area contributed by atoms with E-state index >= 15 is 0 Å². The van der Waals surface area contributed by atoms with E-state index in [2.05, 4.69) is 9.15 Å². The highest BCUT2D eigenvalue weighted by Crippen LogP contribution is 1.82. The SMILES string of the molecule is C.O1O[SiH2]O[SiH2]1. The second kappa shape index (κ2) is 3.50. The molecule has 1 saturated heterocycles. The molecule has 0 saturated carbocycles. The van der Waals surface area contributed by atoms with Gasteiger partial charge in [-0.2, -0.15) is 0 Å². The van der Waals surface area contributed by atoms with Crippen molar-refractivity contribution >= 4 is 20.0 Å². The van der Waals surface area contributed by atoms with E-state index in [1.54, 1.807) is 0 Å². The molecule has 0 unspecified atom stereocenters.